The molecule has 1 heterocycles. The van der Waals surface area contributed by atoms with Gasteiger partial charge in [-0.2, -0.15) is 0 Å². The van der Waals surface area contributed by atoms with Gasteiger partial charge in [-0.1, -0.05) is 35.9 Å². The summed E-state index contributed by atoms with van der Waals surface area (Å²) in [6.07, 6.45) is 1.71. The average molecular weight is 468 g/mol. The number of thiazole rings is 1. The number of aliphatic carboxylic acids is 1. The van der Waals surface area contributed by atoms with Crippen LogP contribution >= 0.6 is 23.1 Å². The Balaban J connectivity index is 1.58. The third-order valence-electron chi connectivity index (χ3n) is 4.24. The first kappa shape index (κ1) is 23.2. The summed E-state index contributed by atoms with van der Waals surface area (Å²) < 4.78 is 0. The number of amides is 2. The molecule has 0 saturated carbocycles. The highest BCUT2D eigenvalue weighted by atomic mass is 32.2. The predicted molar refractivity (Wildman–Crippen MR) is 128 cm³/mol. The van der Waals surface area contributed by atoms with Crippen molar-refractivity contribution in [3.8, 4) is 11.3 Å². The highest BCUT2D eigenvalue weighted by molar-refractivity contribution is 8.00. The van der Waals surface area contributed by atoms with Crippen LogP contribution in [0, 0.1) is 6.92 Å². The van der Waals surface area contributed by atoms with E-state index in [1.54, 1.807) is 25.1 Å². The van der Waals surface area contributed by atoms with E-state index < -0.39 is 17.1 Å². The molecule has 0 spiro atoms. The predicted octanol–water partition coefficient (Wildman–Crippen LogP) is 4.82. The van der Waals surface area contributed by atoms with E-state index in [0.717, 1.165) is 28.3 Å². The highest BCUT2D eigenvalue weighted by Gasteiger charge is 2.17. The van der Waals surface area contributed by atoms with Gasteiger partial charge in [0.05, 0.1) is 10.9 Å². The molecule has 0 bridgehead atoms. The Bertz CT molecular complexity index is 1160. The van der Waals surface area contributed by atoms with E-state index in [1.807, 2.05) is 42.6 Å². The third-order valence-corrected chi connectivity index (χ3v) is 6.09. The molecule has 2 amide bonds. The summed E-state index contributed by atoms with van der Waals surface area (Å²) in [5.41, 5.74) is 3.48. The number of benzene rings is 2. The molecule has 0 saturated heterocycles. The van der Waals surface area contributed by atoms with Crippen LogP contribution in [0.15, 0.2) is 71.0 Å². The second kappa shape index (κ2) is 10.7. The molecule has 3 rings (SSSR count). The molecule has 164 valence electrons. The summed E-state index contributed by atoms with van der Waals surface area (Å²) in [5, 5.41) is 16.1. The number of thioether (sulfide) groups is 1. The van der Waals surface area contributed by atoms with Crippen LogP contribution in [0.2, 0.25) is 0 Å². The lowest BCUT2D eigenvalue weighted by Crippen LogP contribution is -2.22. The maximum atomic E-state index is 12.6. The fourth-order valence-electron chi connectivity index (χ4n) is 2.63. The van der Waals surface area contributed by atoms with Crippen LogP contribution in [0.4, 0.5) is 10.8 Å². The van der Waals surface area contributed by atoms with Gasteiger partial charge in [0.1, 0.15) is 0 Å². The van der Waals surface area contributed by atoms with Gasteiger partial charge in [-0.05, 0) is 32.0 Å². The zero-order valence-corrected chi connectivity index (χ0v) is 19.0. The number of aryl methyl sites for hydroxylation is 1. The molecule has 7 nitrogen and oxygen atoms in total. The highest BCUT2D eigenvalue weighted by Crippen LogP contribution is 2.28. The van der Waals surface area contributed by atoms with Crippen LogP contribution in [-0.4, -0.2) is 33.1 Å². The van der Waals surface area contributed by atoms with Crippen LogP contribution in [0.5, 0.6) is 0 Å². The van der Waals surface area contributed by atoms with Gasteiger partial charge >= 0.3 is 5.97 Å². The fraction of sp³-hybridized carbons (Fsp3) is 0.130. The Morgan fingerprint density at radius 2 is 1.84 bits per heavy atom. The number of nitrogens with one attached hydrogen (secondary N) is 2. The molecule has 3 aromatic rings. The zero-order valence-electron chi connectivity index (χ0n) is 17.4. The fourth-order valence-corrected chi connectivity index (χ4v) is 4.28. The number of carboxylic acids is 1. The van der Waals surface area contributed by atoms with Gasteiger partial charge < -0.3 is 15.7 Å². The van der Waals surface area contributed by atoms with E-state index in [-0.39, 0.29) is 5.91 Å². The van der Waals surface area contributed by atoms with Gasteiger partial charge in [-0.15, -0.1) is 23.1 Å². The second-order valence-corrected chi connectivity index (χ2v) is 9.11. The lowest BCUT2D eigenvalue weighted by Gasteiger charge is -2.11. The Kier molecular flexibility index (Phi) is 7.80. The summed E-state index contributed by atoms with van der Waals surface area (Å²) in [6.45, 7) is 3.81. The Morgan fingerprint density at radius 1 is 1.09 bits per heavy atom. The molecule has 0 fully saturated rings. The topological polar surface area (TPSA) is 108 Å². The number of nitrogens with zero attached hydrogens (tertiary/aromatic N) is 1. The molecule has 0 aliphatic carbocycles. The summed E-state index contributed by atoms with van der Waals surface area (Å²) in [5.74, 6) is -1.93. The van der Waals surface area contributed by atoms with Gasteiger partial charge in [0.15, 0.2) is 5.13 Å². The Labute approximate surface area is 193 Å². The molecule has 3 N–H and O–H groups in total. The van der Waals surface area contributed by atoms with Gasteiger partial charge in [0, 0.05) is 33.7 Å². The van der Waals surface area contributed by atoms with Crippen LogP contribution in [0.3, 0.4) is 0 Å². The smallest absolute Gasteiger partial charge is 0.328 e. The van der Waals surface area contributed by atoms with Crippen molar-refractivity contribution in [1.82, 2.24) is 4.98 Å². The lowest BCUT2D eigenvalue weighted by atomic mass is 10.1. The number of aromatic nitrogens is 1. The Hall–Kier alpha value is -3.43. The first-order chi connectivity index (χ1) is 15.3. The SMILES string of the molecule is Cc1ccc(-c2csc(NC(=O)C(C)Sc3cccc(NC(=O)/C=C/C(=O)O)c3)n2)cc1. The molecule has 1 atom stereocenters. The van der Waals surface area contributed by atoms with Gasteiger partial charge in [-0.3, -0.25) is 9.59 Å². The molecular formula is C23H21N3O4S2. The number of carbonyl (C=O) groups is 3. The third kappa shape index (κ3) is 6.79. The van der Waals surface area contributed by atoms with E-state index >= 15 is 0 Å². The summed E-state index contributed by atoms with van der Waals surface area (Å²) in [7, 11) is 0. The van der Waals surface area contributed by atoms with Crippen molar-refractivity contribution < 1.29 is 19.5 Å². The molecule has 2 aromatic carbocycles. The number of carbonyl (C=O) groups excluding carboxylic acids is 2. The minimum absolute atomic E-state index is 0.182. The number of anilines is 2. The second-order valence-electron chi connectivity index (χ2n) is 6.84. The number of hydrogen-bond donors (Lipinski definition) is 3. The molecule has 9 heteroatoms. The monoisotopic (exact) mass is 467 g/mol. The minimum Gasteiger partial charge on any atom is -0.478 e. The first-order valence-corrected chi connectivity index (χ1v) is 11.4. The molecule has 0 aliphatic heterocycles. The maximum absolute atomic E-state index is 12.6. The quantitative estimate of drug-likeness (QED) is 0.324. The van der Waals surface area contributed by atoms with E-state index in [4.69, 9.17) is 5.11 Å². The van der Waals surface area contributed by atoms with Crippen molar-refractivity contribution in [1.29, 1.82) is 0 Å². The average Bonchev–Trinajstić information content (AvgIpc) is 3.21. The number of rotatable bonds is 8. The van der Waals surface area contributed by atoms with E-state index in [0.29, 0.717) is 10.8 Å². The molecule has 1 aromatic heterocycles. The maximum Gasteiger partial charge on any atom is 0.328 e. The zero-order chi connectivity index (χ0) is 23.1. The van der Waals surface area contributed by atoms with E-state index in [2.05, 4.69) is 15.6 Å². The summed E-state index contributed by atoms with van der Waals surface area (Å²) in [4.78, 5) is 40.1. The van der Waals surface area contributed by atoms with E-state index in [1.165, 1.54) is 28.7 Å². The Morgan fingerprint density at radius 3 is 2.56 bits per heavy atom. The van der Waals surface area contributed by atoms with Crippen molar-refractivity contribution in [3.63, 3.8) is 0 Å². The lowest BCUT2D eigenvalue weighted by molar-refractivity contribution is -0.131. The van der Waals surface area contributed by atoms with Crippen LogP contribution in [0.1, 0.15) is 12.5 Å². The van der Waals surface area contributed by atoms with Crippen molar-refractivity contribution in [2.75, 3.05) is 10.6 Å². The molecule has 32 heavy (non-hydrogen) atoms. The van der Waals surface area contributed by atoms with E-state index in [9.17, 15) is 14.4 Å². The van der Waals surface area contributed by atoms with Crippen molar-refractivity contribution >= 4 is 51.7 Å². The van der Waals surface area contributed by atoms with Crippen molar-refractivity contribution in [2.24, 2.45) is 0 Å². The minimum atomic E-state index is -1.20. The van der Waals surface area contributed by atoms with Gasteiger partial charge in [0.2, 0.25) is 11.8 Å². The first-order valence-electron chi connectivity index (χ1n) is 9.62. The van der Waals surface area contributed by atoms with Crippen LogP contribution in [-0.2, 0) is 14.4 Å². The summed E-state index contributed by atoms with van der Waals surface area (Å²) in [6, 6.07) is 15.0. The molecular weight excluding hydrogens is 446 g/mol. The van der Waals surface area contributed by atoms with Crippen molar-refractivity contribution in [2.45, 2.75) is 24.0 Å². The molecule has 0 radical (unpaired) electrons. The number of hydrogen-bond acceptors (Lipinski definition) is 6. The summed E-state index contributed by atoms with van der Waals surface area (Å²) >= 11 is 2.71. The van der Waals surface area contributed by atoms with Crippen molar-refractivity contribution in [3.05, 3.63) is 71.6 Å². The molecule has 1 unspecified atom stereocenters. The normalized spacial score (nSPS) is 11.8. The molecule has 0 aliphatic rings. The standard InChI is InChI=1S/C23H21N3O4S2/c1-14-6-8-16(9-7-14)19-13-31-23(25-19)26-22(30)15(2)32-18-5-3-4-17(12-18)24-20(27)10-11-21(28)29/h3-13,15H,1-2H3,(H,24,27)(H,28,29)(H,25,26,30)/b11-10+. The van der Waals surface area contributed by atoms with Gasteiger partial charge in [0.25, 0.3) is 0 Å². The van der Waals surface area contributed by atoms with Gasteiger partial charge in [-0.25, -0.2) is 9.78 Å². The van der Waals surface area contributed by atoms with Crippen LogP contribution in [0.25, 0.3) is 11.3 Å². The largest absolute Gasteiger partial charge is 0.478 e. The number of carboxylic acid groups (broad SMARTS) is 1. The van der Waals surface area contributed by atoms with Crippen LogP contribution < -0.4 is 10.6 Å².